The fraction of sp³-hybridized carbons (Fsp3) is 0.500. The molecule has 43 heavy (non-hydrogen) atoms. The fourth-order valence-electron chi connectivity index (χ4n) is 5.39. The minimum atomic E-state index is -3.79. The Morgan fingerprint density at radius 2 is 1.77 bits per heavy atom. The second kappa shape index (κ2) is 11.6. The number of hydrogen-bond donors (Lipinski definition) is 5. The molecule has 5 rings (SSSR count). The molecule has 234 valence electrons. The van der Waals surface area contributed by atoms with E-state index in [4.69, 9.17) is 9.84 Å². The third kappa shape index (κ3) is 6.31. The van der Waals surface area contributed by atoms with Crippen molar-refractivity contribution in [3.8, 4) is 11.5 Å². The predicted molar refractivity (Wildman–Crippen MR) is 149 cm³/mol. The molecule has 5 N–H and O–H groups in total. The summed E-state index contributed by atoms with van der Waals surface area (Å²) in [5.41, 5.74) is -0.0477. The molecule has 1 amide bonds. The van der Waals surface area contributed by atoms with E-state index in [-0.39, 0.29) is 36.9 Å². The maximum absolute atomic E-state index is 15.5. The van der Waals surface area contributed by atoms with Crippen molar-refractivity contribution in [1.29, 1.82) is 0 Å². The van der Waals surface area contributed by atoms with Crippen molar-refractivity contribution in [3.05, 3.63) is 53.5 Å². The molecular weight excluding hydrogens is 573 g/mol. The van der Waals surface area contributed by atoms with E-state index >= 15 is 4.39 Å². The average molecular weight is 609 g/mol. The number of amides is 1. The molecule has 10 nitrogen and oxygen atoms in total. The zero-order chi connectivity index (χ0) is 31.2. The van der Waals surface area contributed by atoms with Gasteiger partial charge in [-0.15, -0.1) is 8.78 Å². The van der Waals surface area contributed by atoms with Gasteiger partial charge in [-0.3, -0.25) is 4.79 Å². The zero-order valence-corrected chi connectivity index (χ0v) is 23.8. The summed E-state index contributed by atoms with van der Waals surface area (Å²) in [6, 6.07) is 8.75. The van der Waals surface area contributed by atoms with Crippen molar-refractivity contribution in [2.24, 2.45) is 0 Å². The number of halogens is 3. The summed E-state index contributed by atoms with van der Waals surface area (Å²) >= 11 is 0. The van der Waals surface area contributed by atoms with E-state index in [1.807, 2.05) is 19.9 Å². The van der Waals surface area contributed by atoms with Crippen molar-refractivity contribution in [1.82, 2.24) is 4.57 Å². The molecule has 2 aliphatic rings. The van der Waals surface area contributed by atoms with Crippen LogP contribution in [0, 0.1) is 5.82 Å². The summed E-state index contributed by atoms with van der Waals surface area (Å²) in [6.45, 7) is 3.16. The number of carbonyl (C=O) groups is 1. The predicted octanol–water partition coefficient (Wildman–Crippen LogP) is 3.16. The van der Waals surface area contributed by atoms with E-state index in [1.165, 1.54) is 30.3 Å². The minimum Gasteiger partial charge on any atom is -0.395 e. The van der Waals surface area contributed by atoms with Crippen LogP contribution in [0.15, 0.2) is 36.4 Å². The SMILES string of the molecule is CC(C)(CCOC[C@@H](O)CO)c1cc2cc(NC(=O)C3(c4ccc5c(c4)OC(F)(F)O5)CC3)c(F)cc2n1C[C@@H](O)CO. The summed E-state index contributed by atoms with van der Waals surface area (Å²) in [5, 5.41) is 41.5. The van der Waals surface area contributed by atoms with Gasteiger partial charge >= 0.3 is 6.29 Å². The van der Waals surface area contributed by atoms with Gasteiger partial charge in [0, 0.05) is 29.2 Å². The van der Waals surface area contributed by atoms with Crippen LogP contribution in [-0.4, -0.2) is 75.8 Å². The van der Waals surface area contributed by atoms with E-state index in [2.05, 4.69) is 14.8 Å². The van der Waals surface area contributed by atoms with E-state index in [1.54, 1.807) is 4.57 Å². The second-order valence-electron chi connectivity index (χ2n) is 11.8. The highest BCUT2D eigenvalue weighted by molar-refractivity contribution is 6.03. The van der Waals surface area contributed by atoms with Crippen molar-refractivity contribution >= 4 is 22.5 Å². The molecule has 0 saturated heterocycles. The number of rotatable bonds is 13. The largest absolute Gasteiger partial charge is 0.586 e. The zero-order valence-electron chi connectivity index (χ0n) is 23.8. The monoisotopic (exact) mass is 608 g/mol. The standard InChI is InChI=1S/C30H35F3N2O8/c1-28(2,7-8-41-16-20(39)15-37)26-10-17-9-22(21(31)12-23(17)35(26)13-19(38)14-36)34-27(40)29(5-6-29)18-3-4-24-25(11-18)43-30(32,33)42-24/h3-4,9-12,19-20,36-39H,5-8,13-16H2,1-2H3,(H,34,40)/t19-,20+/m1/s1. The molecule has 2 heterocycles. The van der Waals surface area contributed by atoms with Crippen molar-refractivity contribution in [3.63, 3.8) is 0 Å². The summed E-state index contributed by atoms with van der Waals surface area (Å²) in [7, 11) is 0. The van der Waals surface area contributed by atoms with Gasteiger partial charge in [-0.25, -0.2) is 4.39 Å². The topological polar surface area (TPSA) is 143 Å². The number of carbonyl (C=O) groups excluding carboxylic acids is 1. The lowest BCUT2D eigenvalue weighted by Gasteiger charge is -2.28. The Morgan fingerprint density at radius 3 is 2.44 bits per heavy atom. The highest BCUT2D eigenvalue weighted by Gasteiger charge is 2.53. The summed E-state index contributed by atoms with van der Waals surface area (Å²) in [6.07, 6.45) is -4.54. The molecule has 1 aliphatic carbocycles. The number of aliphatic hydroxyl groups excluding tert-OH is 4. The normalized spacial score (nSPS) is 18.1. The van der Waals surface area contributed by atoms with Crippen molar-refractivity contribution in [2.75, 3.05) is 31.7 Å². The number of anilines is 1. The average Bonchev–Trinajstić information content (AvgIpc) is 3.61. The molecule has 0 bridgehead atoms. The third-order valence-corrected chi connectivity index (χ3v) is 8.07. The van der Waals surface area contributed by atoms with Crippen LogP contribution in [0.4, 0.5) is 18.9 Å². The lowest BCUT2D eigenvalue weighted by molar-refractivity contribution is -0.286. The van der Waals surface area contributed by atoms with Crippen LogP contribution in [-0.2, 0) is 26.9 Å². The number of hydrogen-bond acceptors (Lipinski definition) is 8. The van der Waals surface area contributed by atoms with Gasteiger partial charge in [-0.1, -0.05) is 19.9 Å². The van der Waals surface area contributed by atoms with E-state index in [9.17, 15) is 28.9 Å². The lowest BCUT2D eigenvalue weighted by atomic mass is 9.85. The lowest BCUT2D eigenvalue weighted by Crippen LogP contribution is -2.29. The van der Waals surface area contributed by atoms with Crippen LogP contribution in [0.3, 0.4) is 0 Å². The molecule has 3 aromatic rings. The molecule has 1 fully saturated rings. The first-order chi connectivity index (χ1) is 20.3. The molecule has 0 unspecified atom stereocenters. The first-order valence-electron chi connectivity index (χ1n) is 14.0. The van der Waals surface area contributed by atoms with Crippen LogP contribution in [0.25, 0.3) is 10.9 Å². The number of ether oxygens (including phenoxy) is 3. The Morgan fingerprint density at radius 1 is 1.07 bits per heavy atom. The fourth-order valence-corrected chi connectivity index (χ4v) is 5.39. The Hall–Kier alpha value is -3.36. The maximum atomic E-state index is 15.5. The number of nitrogens with zero attached hydrogens (tertiary/aromatic N) is 1. The number of aromatic nitrogens is 1. The molecule has 0 radical (unpaired) electrons. The smallest absolute Gasteiger partial charge is 0.395 e. The van der Waals surface area contributed by atoms with Gasteiger partial charge in [0.1, 0.15) is 11.9 Å². The number of aliphatic hydroxyl groups is 4. The van der Waals surface area contributed by atoms with Crippen LogP contribution >= 0.6 is 0 Å². The van der Waals surface area contributed by atoms with Crippen molar-refractivity contribution < 1.29 is 52.6 Å². The van der Waals surface area contributed by atoms with E-state index < -0.39 is 54.3 Å². The van der Waals surface area contributed by atoms with Crippen LogP contribution in [0.5, 0.6) is 11.5 Å². The van der Waals surface area contributed by atoms with Crippen LogP contribution < -0.4 is 14.8 Å². The Kier molecular flexibility index (Phi) is 8.40. The third-order valence-electron chi connectivity index (χ3n) is 8.07. The van der Waals surface area contributed by atoms with Gasteiger partial charge in [-0.2, -0.15) is 0 Å². The number of benzene rings is 2. The Bertz CT molecular complexity index is 1500. The van der Waals surface area contributed by atoms with Gasteiger partial charge in [0.15, 0.2) is 11.5 Å². The van der Waals surface area contributed by atoms with Crippen molar-refractivity contribution in [2.45, 2.75) is 69.0 Å². The molecule has 1 aromatic heterocycles. The van der Waals surface area contributed by atoms with Gasteiger partial charge in [0.25, 0.3) is 0 Å². The summed E-state index contributed by atoms with van der Waals surface area (Å²) in [5.74, 6) is -1.52. The minimum absolute atomic E-state index is 0.0136. The van der Waals surface area contributed by atoms with Gasteiger partial charge in [-0.05, 0) is 49.1 Å². The summed E-state index contributed by atoms with van der Waals surface area (Å²) in [4.78, 5) is 13.4. The molecular formula is C30H35F3N2O8. The molecule has 2 atom stereocenters. The molecule has 2 aromatic carbocycles. The van der Waals surface area contributed by atoms with E-state index in [0.29, 0.717) is 35.7 Å². The van der Waals surface area contributed by atoms with Crippen LogP contribution in [0.2, 0.25) is 0 Å². The maximum Gasteiger partial charge on any atom is 0.586 e. The molecule has 0 spiro atoms. The van der Waals surface area contributed by atoms with Crippen LogP contribution in [0.1, 0.15) is 44.4 Å². The number of fused-ring (bicyclic) bond motifs is 2. The Labute approximate surface area is 245 Å². The molecule has 13 heteroatoms. The Balaban J connectivity index is 1.40. The van der Waals surface area contributed by atoms with Gasteiger partial charge < -0.3 is 44.5 Å². The molecule has 1 aliphatic heterocycles. The first-order valence-corrected chi connectivity index (χ1v) is 14.0. The number of alkyl halides is 2. The van der Waals surface area contributed by atoms with Gasteiger partial charge in [0.05, 0.1) is 49.1 Å². The summed E-state index contributed by atoms with van der Waals surface area (Å²) < 4.78 is 58.7. The molecule has 1 saturated carbocycles. The van der Waals surface area contributed by atoms with Gasteiger partial charge in [0.2, 0.25) is 5.91 Å². The first kappa shape index (κ1) is 31.1. The number of nitrogens with one attached hydrogen (secondary N) is 1. The highest BCUT2D eigenvalue weighted by Crippen LogP contribution is 2.52. The second-order valence-corrected chi connectivity index (χ2v) is 11.8. The van der Waals surface area contributed by atoms with E-state index in [0.717, 1.165) is 5.69 Å². The quantitative estimate of drug-likeness (QED) is 0.186. The highest BCUT2D eigenvalue weighted by atomic mass is 19.3.